The largest absolute Gasteiger partial charge is 0.321 e. The van der Waals surface area contributed by atoms with Gasteiger partial charge in [0.2, 0.25) is 0 Å². The van der Waals surface area contributed by atoms with Gasteiger partial charge in [-0.05, 0) is 36.8 Å². The first-order chi connectivity index (χ1) is 9.92. The van der Waals surface area contributed by atoms with Crippen LogP contribution in [-0.2, 0) is 0 Å². The molecule has 2 rings (SSSR count). The number of carbonyl (C=O) groups excluding carboxylic acids is 1. The van der Waals surface area contributed by atoms with Crippen LogP contribution in [0.1, 0.15) is 21.5 Å². The second-order valence-electron chi connectivity index (χ2n) is 4.34. The molecule has 6 heteroatoms. The fourth-order valence-corrected chi connectivity index (χ4v) is 1.91. The van der Waals surface area contributed by atoms with E-state index in [1.807, 2.05) is 6.07 Å². The maximum atomic E-state index is 13.7. The van der Waals surface area contributed by atoms with Crippen LogP contribution in [0, 0.1) is 29.9 Å². The van der Waals surface area contributed by atoms with Crippen molar-refractivity contribution >= 4 is 23.2 Å². The summed E-state index contributed by atoms with van der Waals surface area (Å²) < 4.78 is 26.8. The molecule has 2 aromatic carbocycles. The first kappa shape index (κ1) is 14.9. The van der Waals surface area contributed by atoms with E-state index in [1.54, 1.807) is 0 Å². The van der Waals surface area contributed by atoms with Crippen LogP contribution in [0.3, 0.4) is 0 Å². The molecule has 21 heavy (non-hydrogen) atoms. The maximum absolute atomic E-state index is 13.7. The van der Waals surface area contributed by atoms with Crippen LogP contribution in [0.25, 0.3) is 0 Å². The normalized spacial score (nSPS) is 10.0. The highest BCUT2D eigenvalue weighted by Crippen LogP contribution is 2.22. The third kappa shape index (κ3) is 3.18. The van der Waals surface area contributed by atoms with E-state index in [0.717, 1.165) is 6.07 Å². The Bertz CT molecular complexity index is 769. The molecule has 0 fully saturated rings. The molecule has 0 saturated heterocycles. The smallest absolute Gasteiger partial charge is 0.258 e. The van der Waals surface area contributed by atoms with Gasteiger partial charge in [-0.1, -0.05) is 11.6 Å². The van der Waals surface area contributed by atoms with Gasteiger partial charge >= 0.3 is 0 Å². The molecule has 0 aliphatic heterocycles. The molecule has 0 aliphatic carbocycles. The Kier molecular flexibility index (Phi) is 4.20. The number of benzene rings is 2. The van der Waals surface area contributed by atoms with Gasteiger partial charge in [-0.25, -0.2) is 8.78 Å². The molecule has 3 nitrogen and oxygen atoms in total. The van der Waals surface area contributed by atoms with E-state index >= 15 is 0 Å². The summed E-state index contributed by atoms with van der Waals surface area (Å²) in [6.07, 6.45) is 0. The number of hydrogen-bond acceptors (Lipinski definition) is 2. The molecule has 0 aromatic heterocycles. The summed E-state index contributed by atoms with van der Waals surface area (Å²) in [6.45, 7) is 1.42. The van der Waals surface area contributed by atoms with Crippen molar-refractivity contribution in [2.24, 2.45) is 0 Å². The standard InChI is InChI=1S/C15H9ClF2N2O/c1-8-4-11(13(18)6-12(8)17)15(21)20-14-5-10(16)3-2-9(14)7-19/h2-6H,1H3,(H,20,21). The van der Waals surface area contributed by atoms with Gasteiger partial charge in [0.25, 0.3) is 5.91 Å². The van der Waals surface area contributed by atoms with Gasteiger partial charge in [0.15, 0.2) is 0 Å². The summed E-state index contributed by atoms with van der Waals surface area (Å²) in [6, 6.07) is 7.96. The number of nitrogens with one attached hydrogen (secondary N) is 1. The summed E-state index contributed by atoms with van der Waals surface area (Å²) in [5.74, 6) is -2.49. The average molecular weight is 307 g/mol. The van der Waals surface area contributed by atoms with Crippen LogP contribution in [0.4, 0.5) is 14.5 Å². The number of rotatable bonds is 2. The highest BCUT2D eigenvalue weighted by Gasteiger charge is 2.16. The first-order valence-corrected chi connectivity index (χ1v) is 6.27. The van der Waals surface area contributed by atoms with Gasteiger partial charge in [-0.3, -0.25) is 4.79 Å². The van der Waals surface area contributed by atoms with Gasteiger partial charge in [0, 0.05) is 11.1 Å². The minimum atomic E-state index is -0.976. The Morgan fingerprint density at radius 2 is 1.95 bits per heavy atom. The summed E-state index contributed by atoms with van der Waals surface area (Å²) >= 11 is 5.80. The van der Waals surface area contributed by atoms with E-state index in [9.17, 15) is 13.6 Å². The molecule has 2 aromatic rings. The summed E-state index contributed by atoms with van der Waals surface area (Å²) in [5.41, 5.74) is 0.189. The number of aryl methyl sites for hydroxylation is 1. The van der Waals surface area contributed by atoms with Gasteiger partial charge in [-0.2, -0.15) is 5.26 Å². The number of amides is 1. The predicted molar refractivity (Wildman–Crippen MR) is 75.2 cm³/mol. The topological polar surface area (TPSA) is 52.9 Å². The molecule has 1 amide bonds. The number of anilines is 1. The van der Waals surface area contributed by atoms with E-state index in [4.69, 9.17) is 16.9 Å². The van der Waals surface area contributed by atoms with Gasteiger partial charge < -0.3 is 5.32 Å². The third-order valence-corrected chi connectivity index (χ3v) is 3.08. The SMILES string of the molecule is Cc1cc(C(=O)Nc2cc(Cl)ccc2C#N)c(F)cc1F. The zero-order valence-corrected chi connectivity index (χ0v) is 11.6. The quantitative estimate of drug-likeness (QED) is 0.910. The van der Waals surface area contributed by atoms with E-state index in [2.05, 4.69) is 5.32 Å². The lowest BCUT2D eigenvalue weighted by Gasteiger charge is -2.09. The lowest BCUT2D eigenvalue weighted by atomic mass is 10.1. The van der Waals surface area contributed by atoms with Crippen molar-refractivity contribution in [1.82, 2.24) is 0 Å². The van der Waals surface area contributed by atoms with Crippen LogP contribution < -0.4 is 5.32 Å². The highest BCUT2D eigenvalue weighted by molar-refractivity contribution is 6.31. The van der Waals surface area contributed by atoms with Gasteiger partial charge in [0.1, 0.15) is 17.7 Å². The van der Waals surface area contributed by atoms with E-state index in [-0.39, 0.29) is 22.4 Å². The lowest BCUT2D eigenvalue weighted by molar-refractivity contribution is 0.102. The summed E-state index contributed by atoms with van der Waals surface area (Å²) in [5, 5.41) is 11.7. The lowest BCUT2D eigenvalue weighted by Crippen LogP contribution is -2.15. The molecular weight excluding hydrogens is 298 g/mol. The average Bonchev–Trinajstić information content (AvgIpc) is 2.43. The minimum Gasteiger partial charge on any atom is -0.321 e. The number of halogens is 3. The fourth-order valence-electron chi connectivity index (χ4n) is 1.74. The Labute approximate surface area is 124 Å². The van der Waals surface area contributed by atoms with E-state index in [1.165, 1.54) is 25.1 Å². The van der Waals surface area contributed by atoms with Crippen molar-refractivity contribution in [2.45, 2.75) is 6.92 Å². The molecule has 1 N–H and O–H groups in total. The Balaban J connectivity index is 2.37. The zero-order chi connectivity index (χ0) is 15.6. The van der Waals surface area contributed by atoms with Gasteiger partial charge in [0.05, 0.1) is 16.8 Å². The first-order valence-electron chi connectivity index (χ1n) is 5.89. The highest BCUT2D eigenvalue weighted by atomic mass is 35.5. The Morgan fingerprint density at radius 1 is 1.24 bits per heavy atom. The zero-order valence-electron chi connectivity index (χ0n) is 10.9. The van der Waals surface area contributed by atoms with Crippen LogP contribution in [0.5, 0.6) is 0 Å². The monoisotopic (exact) mass is 306 g/mol. The molecule has 0 heterocycles. The molecule has 0 bridgehead atoms. The number of nitrogens with zero attached hydrogens (tertiary/aromatic N) is 1. The second kappa shape index (κ2) is 5.90. The fraction of sp³-hybridized carbons (Fsp3) is 0.0667. The van der Waals surface area contributed by atoms with E-state index < -0.39 is 17.5 Å². The molecule has 0 spiro atoms. The molecule has 0 radical (unpaired) electrons. The van der Waals surface area contributed by atoms with Crippen molar-refractivity contribution in [3.05, 3.63) is 63.7 Å². The molecule has 106 valence electrons. The van der Waals surface area contributed by atoms with Crippen LogP contribution in [-0.4, -0.2) is 5.91 Å². The van der Waals surface area contributed by atoms with Crippen molar-refractivity contribution in [3.8, 4) is 6.07 Å². The molecule has 0 aliphatic rings. The van der Waals surface area contributed by atoms with Crippen molar-refractivity contribution in [2.75, 3.05) is 5.32 Å². The Morgan fingerprint density at radius 3 is 2.62 bits per heavy atom. The van der Waals surface area contributed by atoms with Crippen molar-refractivity contribution < 1.29 is 13.6 Å². The minimum absolute atomic E-state index is 0.146. The van der Waals surface area contributed by atoms with Crippen LogP contribution >= 0.6 is 11.6 Å². The Hall–Kier alpha value is -2.45. The summed E-state index contributed by atoms with van der Waals surface area (Å²) in [7, 11) is 0. The summed E-state index contributed by atoms with van der Waals surface area (Å²) in [4.78, 5) is 12.1. The van der Waals surface area contributed by atoms with E-state index in [0.29, 0.717) is 11.1 Å². The predicted octanol–water partition coefficient (Wildman–Crippen LogP) is 4.05. The van der Waals surface area contributed by atoms with Crippen molar-refractivity contribution in [3.63, 3.8) is 0 Å². The number of hydrogen-bond donors (Lipinski definition) is 1. The van der Waals surface area contributed by atoms with Gasteiger partial charge in [-0.15, -0.1) is 0 Å². The molecule has 0 saturated carbocycles. The van der Waals surface area contributed by atoms with Crippen molar-refractivity contribution in [1.29, 1.82) is 5.26 Å². The van der Waals surface area contributed by atoms with Crippen LogP contribution in [0.15, 0.2) is 30.3 Å². The molecular formula is C15H9ClF2N2O. The third-order valence-electron chi connectivity index (χ3n) is 2.84. The molecule has 0 atom stereocenters. The number of carbonyl (C=O) groups is 1. The number of nitriles is 1. The second-order valence-corrected chi connectivity index (χ2v) is 4.77. The molecule has 0 unspecified atom stereocenters. The van der Waals surface area contributed by atoms with Crippen LogP contribution in [0.2, 0.25) is 5.02 Å². The maximum Gasteiger partial charge on any atom is 0.258 e.